The fourth-order valence-electron chi connectivity index (χ4n) is 2.06. The Morgan fingerprint density at radius 1 is 1.35 bits per heavy atom. The van der Waals surface area contributed by atoms with Gasteiger partial charge in [0.25, 0.3) is 0 Å². The molecule has 0 aliphatic heterocycles. The molecule has 0 aromatic carbocycles. The fraction of sp³-hybridized carbons (Fsp3) is 1.00. The van der Waals surface area contributed by atoms with Gasteiger partial charge in [0.1, 0.15) is 0 Å². The van der Waals surface area contributed by atoms with Gasteiger partial charge in [-0.15, -0.1) is 0 Å². The van der Waals surface area contributed by atoms with Crippen molar-refractivity contribution in [3.8, 4) is 0 Å². The van der Waals surface area contributed by atoms with Gasteiger partial charge in [0, 0.05) is 20.2 Å². The van der Waals surface area contributed by atoms with Gasteiger partial charge in [0.15, 0.2) is 0 Å². The highest BCUT2D eigenvalue weighted by atomic mass is 16.5. The van der Waals surface area contributed by atoms with Crippen molar-refractivity contribution in [2.45, 2.75) is 58.2 Å². The van der Waals surface area contributed by atoms with Gasteiger partial charge >= 0.3 is 0 Å². The van der Waals surface area contributed by atoms with Crippen molar-refractivity contribution >= 4 is 0 Å². The molecule has 1 saturated carbocycles. The maximum Gasteiger partial charge on any atom is 0.0880 e. The first-order valence-corrected chi connectivity index (χ1v) is 6.95. The van der Waals surface area contributed by atoms with Gasteiger partial charge in [-0.1, -0.05) is 6.92 Å². The van der Waals surface area contributed by atoms with Crippen LogP contribution in [0.15, 0.2) is 0 Å². The van der Waals surface area contributed by atoms with Crippen molar-refractivity contribution in [2.75, 3.05) is 26.7 Å². The summed E-state index contributed by atoms with van der Waals surface area (Å²) in [5.41, 5.74) is -0.433. The number of nitrogens with zero attached hydrogens (tertiary/aromatic N) is 1. The summed E-state index contributed by atoms with van der Waals surface area (Å²) in [6.45, 7) is 9.46. The Kier molecular flexibility index (Phi) is 5.90. The van der Waals surface area contributed by atoms with E-state index >= 15 is 0 Å². The van der Waals surface area contributed by atoms with Crippen LogP contribution in [-0.4, -0.2) is 48.5 Å². The third-order valence-electron chi connectivity index (χ3n) is 3.80. The molecule has 0 spiro atoms. The zero-order chi connectivity index (χ0) is 12.9. The molecule has 17 heavy (non-hydrogen) atoms. The van der Waals surface area contributed by atoms with E-state index < -0.39 is 5.60 Å². The Hall–Kier alpha value is -0.120. The zero-order valence-electron chi connectivity index (χ0n) is 11.9. The molecule has 1 aliphatic rings. The van der Waals surface area contributed by atoms with Crippen LogP contribution in [0.5, 0.6) is 0 Å². The molecule has 3 nitrogen and oxygen atoms in total. The summed E-state index contributed by atoms with van der Waals surface area (Å²) in [6.07, 6.45) is 4.40. The first-order chi connectivity index (χ1) is 7.99. The number of methoxy groups -OCH3 is 1. The van der Waals surface area contributed by atoms with E-state index in [1.165, 1.54) is 25.8 Å². The second-order valence-electron chi connectivity index (χ2n) is 5.86. The average Bonchev–Trinajstić information content (AvgIpc) is 3.09. The normalized spacial score (nSPS) is 18.7. The molecular formula is C14H29NO2. The lowest BCUT2D eigenvalue weighted by atomic mass is 9.98. The molecule has 1 aliphatic carbocycles. The summed E-state index contributed by atoms with van der Waals surface area (Å²) >= 11 is 0. The Balaban J connectivity index is 2.29. The van der Waals surface area contributed by atoms with Crippen LogP contribution in [0.1, 0.15) is 46.5 Å². The molecule has 0 aromatic heterocycles. The van der Waals surface area contributed by atoms with Gasteiger partial charge in [-0.05, 0) is 52.0 Å². The Morgan fingerprint density at radius 2 is 2.00 bits per heavy atom. The first-order valence-electron chi connectivity index (χ1n) is 6.95. The summed E-state index contributed by atoms with van der Waals surface area (Å²) in [6, 6.07) is 0. The molecular weight excluding hydrogens is 214 g/mol. The van der Waals surface area contributed by atoms with E-state index in [2.05, 4.69) is 11.8 Å². The maximum absolute atomic E-state index is 10.1. The van der Waals surface area contributed by atoms with Gasteiger partial charge in [-0.3, -0.25) is 0 Å². The molecule has 0 aromatic rings. The number of aliphatic hydroxyl groups excluding tert-OH is 1. The fourth-order valence-corrected chi connectivity index (χ4v) is 2.06. The van der Waals surface area contributed by atoms with Gasteiger partial charge in [0.2, 0.25) is 0 Å². The predicted molar refractivity (Wildman–Crippen MR) is 71.2 cm³/mol. The summed E-state index contributed by atoms with van der Waals surface area (Å²) in [5.74, 6) is 0.925. The number of hydrogen-bond donors (Lipinski definition) is 1. The van der Waals surface area contributed by atoms with Crippen LogP contribution >= 0.6 is 0 Å². The third kappa shape index (κ3) is 5.36. The van der Waals surface area contributed by atoms with Crippen LogP contribution in [-0.2, 0) is 4.74 Å². The van der Waals surface area contributed by atoms with Crippen molar-refractivity contribution in [1.29, 1.82) is 0 Å². The number of aliphatic hydroxyl groups is 1. The molecule has 0 saturated heterocycles. The molecule has 102 valence electrons. The van der Waals surface area contributed by atoms with Gasteiger partial charge in [-0.2, -0.15) is 0 Å². The second-order valence-corrected chi connectivity index (χ2v) is 5.86. The minimum Gasteiger partial charge on any atom is -0.390 e. The average molecular weight is 243 g/mol. The van der Waals surface area contributed by atoms with Crippen molar-refractivity contribution in [3.05, 3.63) is 0 Å². The number of ether oxygens (including phenoxy) is 1. The smallest absolute Gasteiger partial charge is 0.0880 e. The number of hydrogen-bond acceptors (Lipinski definition) is 3. The van der Waals surface area contributed by atoms with E-state index in [9.17, 15) is 5.11 Å². The van der Waals surface area contributed by atoms with E-state index in [1.807, 2.05) is 13.8 Å². The molecule has 0 radical (unpaired) electrons. The van der Waals surface area contributed by atoms with Gasteiger partial charge in [-0.25, -0.2) is 0 Å². The molecule has 1 rings (SSSR count). The minimum absolute atomic E-state index is 0.383. The van der Waals surface area contributed by atoms with Crippen LogP contribution in [0.3, 0.4) is 0 Å². The lowest BCUT2D eigenvalue weighted by Crippen LogP contribution is -2.41. The Morgan fingerprint density at radius 3 is 2.47 bits per heavy atom. The Bertz CT molecular complexity index is 214. The summed E-state index contributed by atoms with van der Waals surface area (Å²) < 4.78 is 5.32. The van der Waals surface area contributed by atoms with Crippen molar-refractivity contribution in [3.63, 3.8) is 0 Å². The van der Waals surface area contributed by atoms with E-state index in [0.717, 1.165) is 25.4 Å². The van der Waals surface area contributed by atoms with E-state index in [-0.39, 0.29) is 6.10 Å². The molecule has 0 heterocycles. The standard InChI is InChI=1S/C14H29NO2/c1-5-9-15(11-12-6-7-12)10-8-13(16)14(2,3)17-4/h12-13,16H,5-11H2,1-4H3. The third-order valence-corrected chi connectivity index (χ3v) is 3.80. The minimum atomic E-state index is -0.433. The predicted octanol–water partition coefficient (Wildman–Crippen LogP) is 2.28. The maximum atomic E-state index is 10.1. The van der Waals surface area contributed by atoms with E-state index in [1.54, 1.807) is 7.11 Å². The van der Waals surface area contributed by atoms with Crippen LogP contribution in [0.25, 0.3) is 0 Å². The summed E-state index contributed by atoms with van der Waals surface area (Å²) in [4.78, 5) is 2.49. The SMILES string of the molecule is CCCN(CCC(O)C(C)(C)OC)CC1CC1. The Labute approximate surface area is 106 Å². The molecule has 1 fully saturated rings. The second kappa shape index (κ2) is 6.72. The molecule has 0 amide bonds. The molecule has 3 heteroatoms. The van der Waals surface area contributed by atoms with Crippen LogP contribution in [0.4, 0.5) is 0 Å². The quantitative estimate of drug-likeness (QED) is 0.674. The monoisotopic (exact) mass is 243 g/mol. The highest BCUT2D eigenvalue weighted by Crippen LogP contribution is 2.30. The topological polar surface area (TPSA) is 32.7 Å². The van der Waals surface area contributed by atoms with Crippen LogP contribution < -0.4 is 0 Å². The van der Waals surface area contributed by atoms with Crippen molar-refractivity contribution in [1.82, 2.24) is 4.90 Å². The molecule has 1 unspecified atom stereocenters. The highest BCUT2D eigenvalue weighted by Gasteiger charge is 2.28. The molecule has 1 atom stereocenters. The van der Waals surface area contributed by atoms with Crippen molar-refractivity contribution < 1.29 is 9.84 Å². The van der Waals surface area contributed by atoms with Gasteiger partial charge < -0.3 is 14.7 Å². The largest absolute Gasteiger partial charge is 0.390 e. The lowest BCUT2D eigenvalue weighted by molar-refractivity contribution is -0.0824. The van der Waals surface area contributed by atoms with Gasteiger partial charge in [0.05, 0.1) is 11.7 Å². The summed E-state index contributed by atoms with van der Waals surface area (Å²) in [5, 5.41) is 10.1. The molecule has 1 N–H and O–H groups in total. The molecule has 0 bridgehead atoms. The summed E-state index contributed by atoms with van der Waals surface area (Å²) in [7, 11) is 1.66. The number of rotatable bonds is 9. The van der Waals surface area contributed by atoms with Crippen LogP contribution in [0.2, 0.25) is 0 Å². The highest BCUT2D eigenvalue weighted by molar-refractivity contribution is 4.81. The van der Waals surface area contributed by atoms with E-state index in [4.69, 9.17) is 4.74 Å². The van der Waals surface area contributed by atoms with Crippen molar-refractivity contribution in [2.24, 2.45) is 5.92 Å². The van der Waals surface area contributed by atoms with E-state index in [0.29, 0.717) is 0 Å². The lowest BCUT2D eigenvalue weighted by Gasteiger charge is -2.31. The first kappa shape index (κ1) is 14.9. The zero-order valence-corrected chi connectivity index (χ0v) is 11.9. The van der Waals surface area contributed by atoms with Crippen LogP contribution in [0, 0.1) is 5.92 Å².